The molecule has 20 heavy (non-hydrogen) atoms. The minimum Gasteiger partial charge on any atom is -0.506 e. The van der Waals surface area contributed by atoms with Gasteiger partial charge in [-0.2, -0.15) is 0 Å². The Hall–Kier alpha value is -2.72. The standard InChI is InChI=1S/C19H14O/c1-14-13-16-9-5-6-10-17(16)18(19(14)20)12-11-15-7-3-2-4-8-15/h2-10,13,20H,1H3. The van der Waals surface area contributed by atoms with Gasteiger partial charge in [0.25, 0.3) is 0 Å². The molecule has 0 atom stereocenters. The van der Waals surface area contributed by atoms with Crippen LogP contribution in [0.25, 0.3) is 10.8 Å². The Morgan fingerprint density at radius 3 is 2.35 bits per heavy atom. The maximum absolute atomic E-state index is 10.3. The molecule has 0 saturated heterocycles. The van der Waals surface area contributed by atoms with Crippen molar-refractivity contribution >= 4 is 10.8 Å². The molecule has 3 aromatic rings. The fourth-order valence-electron chi connectivity index (χ4n) is 2.26. The minimum atomic E-state index is 0.270. The van der Waals surface area contributed by atoms with Crippen molar-refractivity contribution < 1.29 is 5.11 Å². The lowest BCUT2D eigenvalue weighted by atomic mass is 10.00. The third-order valence-corrected chi connectivity index (χ3v) is 3.32. The summed E-state index contributed by atoms with van der Waals surface area (Å²) < 4.78 is 0. The van der Waals surface area contributed by atoms with Crippen LogP contribution in [-0.2, 0) is 0 Å². The molecule has 3 aromatic carbocycles. The topological polar surface area (TPSA) is 20.2 Å². The van der Waals surface area contributed by atoms with E-state index in [9.17, 15) is 5.11 Å². The first-order valence-corrected chi connectivity index (χ1v) is 6.54. The van der Waals surface area contributed by atoms with Crippen molar-refractivity contribution in [3.05, 3.63) is 77.4 Å². The van der Waals surface area contributed by atoms with E-state index in [1.54, 1.807) is 0 Å². The van der Waals surface area contributed by atoms with Crippen molar-refractivity contribution in [3.63, 3.8) is 0 Å². The van der Waals surface area contributed by atoms with Gasteiger partial charge in [-0.05, 0) is 36.1 Å². The van der Waals surface area contributed by atoms with Crippen molar-refractivity contribution in [1.82, 2.24) is 0 Å². The summed E-state index contributed by atoms with van der Waals surface area (Å²) in [5.41, 5.74) is 2.49. The zero-order valence-electron chi connectivity index (χ0n) is 11.2. The predicted octanol–water partition coefficient (Wildman–Crippen LogP) is 4.25. The molecule has 1 heteroatoms. The van der Waals surface area contributed by atoms with E-state index in [-0.39, 0.29) is 5.75 Å². The lowest BCUT2D eigenvalue weighted by Gasteiger charge is -2.06. The van der Waals surface area contributed by atoms with E-state index >= 15 is 0 Å². The van der Waals surface area contributed by atoms with Gasteiger partial charge in [-0.25, -0.2) is 0 Å². The number of aromatic hydroxyl groups is 1. The Balaban J connectivity index is 2.21. The van der Waals surface area contributed by atoms with Crippen molar-refractivity contribution in [1.29, 1.82) is 0 Å². The number of hydrogen-bond acceptors (Lipinski definition) is 1. The van der Waals surface area contributed by atoms with Crippen LogP contribution in [0.3, 0.4) is 0 Å². The summed E-state index contributed by atoms with van der Waals surface area (Å²) >= 11 is 0. The average Bonchev–Trinajstić information content (AvgIpc) is 2.49. The molecule has 0 saturated carbocycles. The molecule has 0 bridgehead atoms. The highest BCUT2D eigenvalue weighted by Gasteiger charge is 2.07. The van der Waals surface area contributed by atoms with Crippen LogP contribution in [0.2, 0.25) is 0 Å². The van der Waals surface area contributed by atoms with Crippen LogP contribution in [0.1, 0.15) is 16.7 Å². The third-order valence-electron chi connectivity index (χ3n) is 3.32. The maximum atomic E-state index is 10.3. The number of phenolic OH excluding ortho intramolecular Hbond substituents is 1. The van der Waals surface area contributed by atoms with Crippen LogP contribution < -0.4 is 0 Å². The first-order valence-electron chi connectivity index (χ1n) is 6.54. The van der Waals surface area contributed by atoms with Gasteiger partial charge in [0.15, 0.2) is 0 Å². The molecule has 0 radical (unpaired) electrons. The molecule has 0 spiro atoms. The summed E-state index contributed by atoms with van der Waals surface area (Å²) in [6.45, 7) is 1.90. The fourth-order valence-corrected chi connectivity index (χ4v) is 2.26. The summed E-state index contributed by atoms with van der Waals surface area (Å²) in [5.74, 6) is 6.49. The van der Waals surface area contributed by atoms with Crippen molar-refractivity contribution in [2.45, 2.75) is 6.92 Å². The molecule has 0 heterocycles. The lowest BCUT2D eigenvalue weighted by molar-refractivity contribution is 0.470. The molecule has 1 N–H and O–H groups in total. The quantitative estimate of drug-likeness (QED) is 0.597. The number of rotatable bonds is 0. The Bertz CT molecular complexity index is 821. The number of aryl methyl sites for hydroxylation is 1. The number of fused-ring (bicyclic) bond motifs is 1. The second-order valence-electron chi connectivity index (χ2n) is 4.75. The summed E-state index contributed by atoms with van der Waals surface area (Å²) in [4.78, 5) is 0. The molecule has 0 amide bonds. The van der Waals surface area contributed by atoms with Gasteiger partial charge >= 0.3 is 0 Å². The molecule has 0 fully saturated rings. The Kier molecular flexibility index (Phi) is 3.15. The van der Waals surface area contributed by atoms with Crippen LogP contribution in [-0.4, -0.2) is 5.11 Å². The largest absolute Gasteiger partial charge is 0.506 e. The maximum Gasteiger partial charge on any atom is 0.134 e. The average molecular weight is 258 g/mol. The second kappa shape index (κ2) is 5.11. The van der Waals surface area contributed by atoms with Gasteiger partial charge in [-0.15, -0.1) is 0 Å². The molecule has 0 unspecified atom stereocenters. The van der Waals surface area contributed by atoms with Gasteiger partial charge in [0.05, 0.1) is 5.56 Å². The second-order valence-corrected chi connectivity index (χ2v) is 4.75. The van der Waals surface area contributed by atoms with E-state index in [0.717, 1.165) is 21.9 Å². The Morgan fingerprint density at radius 2 is 1.55 bits per heavy atom. The predicted molar refractivity (Wildman–Crippen MR) is 82.8 cm³/mol. The number of phenols is 1. The lowest BCUT2D eigenvalue weighted by Crippen LogP contribution is -1.86. The van der Waals surface area contributed by atoms with Crippen LogP contribution in [0.15, 0.2) is 60.7 Å². The zero-order chi connectivity index (χ0) is 13.9. The summed E-state index contributed by atoms with van der Waals surface area (Å²) in [6, 6.07) is 19.8. The van der Waals surface area contributed by atoms with E-state index in [4.69, 9.17) is 0 Å². The molecule has 0 aromatic heterocycles. The van der Waals surface area contributed by atoms with E-state index in [0.29, 0.717) is 5.56 Å². The highest BCUT2D eigenvalue weighted by molar-refractivity contribution is 5.91. The molecule has 1 nitrogen and oxygen atoms in total. The SMILES string of the molecule is Cc1cc2ccccc2c(C#Cc2ccccc2)c1O. The number of benzene rings is 3. The van der Waals surface area contributed by atoms with Gasteiger partial charge in [-0.3, -0.25) is 0 Å². The highest BCUT2D eigenvalue weighted by Crippen LogP contribution is 2.30. The first kappa shape index (κ1) is 12.3. The molecule has 96 valence electrons. The van der Waals surface area contributed by atoms with Gasteiger partial charge in [0.1, 0.15) is 5.75 Å². The van der Waals surface area contributed by atoms with Crippen molar-refractivity contribution in [2.24, 2.45) is 0 Å². The van der Waals surface area contributed by atoms with E-state index in [1.165, 1.54) is 0 Å². The van der Waals surface area contributed by atoms with Gasteiger partial charge < -0.3 is 5.11 Å². The summed E-state index contributed by atoms with van der Waals surface area (Å²) in [7, 11) is 0. The van der Waals surface area contributed by atoms with Crippen LogP contribution in [0.5, 0.6) is 5.75 Å². The molecule has 0 aliphatic carbocycles. The minimum absolute atomic E-state index is 0.270. The molecule has 0 aliphatic heterocycles. The monoisotopic (exact) mass is 258 g/mol. The van der Waals surface area contributed by atoms with Crippen molar-refractivity contribution in [3.8, 4) is 17.6 Å². The molecular formula is C19H14O. The van der Waals surface area contributed by atoms with Gasteiger partial charge in [0.2, 0.25) is 0 Å². The van der Waals surface area contributed by atoms with Crippen LogP contribution in [0, 0.1) is 18.8 Å². The third kappa shape index (κ3) is 2.24. The molecule has 0 aliphatic rings. The van der Waals surface area contributed by atoms with Crippen LogP contribution >= 0.6 is 0 Å². The van der Waals surface area contributed by atoms with Gasteiger partial charge in [-0.1, -0.05) is 54.3 Å². The van der Waals surface area contributed by atoms with Gasteiger partial charge in [0, 0.05) is 10.9 Å². The van der Waals surface area contributed by atoms with E-state index < -0.39 is 0 Å². The number of hydrogen-bond donors (Lipinski definition) is 1. The summed E-state index contributed by atoms with van der Waals surface area (Å²) in [6.07, 6.45) is 0. The van der Waals surface area contributed by atoms with E-state index in [2.05, 4.69) is 11.8 Å². The van der Waals surface area contributed by atoms with Crippen LogP contribution in [0.4, 0.5) is 0 Å². The Morgan fingerprint density at radius 1 is 0.850 bits per heavy atom. The normalized spacial score (nSPS) is 10.1. The van der Waals surface area contributed by atoms with E-state index in [1.807, 2.05) is 67.6 Å². The highest BCUT2D eigenvalue weighted by atomic mass is 16.3. The molecular weight excluding hydrogens is 244 g/mol. The van der Waals surface area contributed by atoms with Crippen molar-refractivity contribution in [2.75, 3.05) is 0 Å². The first-order chi connectivity index (χ1) is 9.75. The Labute approximate surface area is 118 Å². The summed E-state index contributed by atoms with van der Waals surface area (Å²) in [5, 5.41) is 12.4. The molecule has 3 rings (SSSR count). The smallest absolute Gasteiger partial charge is 0.134 e. The fraction of sp³-hybridized carbons (Fsp3) is 0.0526. The zero-order valence-corrected chi connectivity index (χ0v) is 11.2.